The maximum atomic E-state index is 12.8. The SMILES string of the molecule is O=C(N[C@@H]1CC[C@H]2CCN(C(=O)c3ccc(C(F)(F)F)cc3)CN21)c1ccc(Cl)cc1. The fourth-order valence-electron chi connectivity index (χ4n) is 4.17. The number of nitrogens with zero attached hydrogens (tertiary/aromatic N) is 2. The molecule has 2 fully saturated rings. The Morgan fingerprint density at radius 2 is 1.58 bits per heavy atom. The molecule has 0 aromatic heterocycles. The Morgan fingerprint density at radius 3 is 2.23 bits per heavy atom. The van der Waals surface area contributed by atoms with Gasteiger partial charge >= 0.3 is 6.18 Å². The molecule has 2 aliphatic rings. The van der Waals surface area contributed by atoms with Crippen LogP contribution in [0.2, 0.25) is 5.02 Å². The van der Waals surface area contributed by atoms with Crippen LogP contribution in [0.1, 0.15) is 45.5 Å². The lowest BCUT2D eigenvalue weighted by Crippen LogP contribution is -2.56. The van der Waals surface area contributed by atoms with Crippen molar-refractivity contribution in [1.29, 1.82) is 0 Å². The summed E-state index contributed by atoms with van der Waals surface area (Å²) < 4.78 is 38.3. The van der Waals surface area contributed by atoms with Gasteiger partial charge in [0.15, 0.2) is 0 Å². The van der Waals surface area contributed by atoms with Gasteiger partial charge in [0.1, 0.15) is 0 Å². The van der Waals surface area contributed by atoms with Crippen molar-refractivity contribution in [2.45, 2.75) is 37.6 Å². The van der Waals surface area contributed by atoms with Gasteiger partial charge in [-0.15, -0.1) is 0 Å². The molecule has 0 bridgehead atoms. The maximum Gasteiger partial charge on any atom is 0.416 e. The first kappa shape index (κ1) is 21.6. The first-order valence-electron chi connectivity index (χ1n) is 10.0. The number of fused-ring (bicyclic) bond motifs is 1. The number of carbonyl (C=O) groups is 2. The molecular formula is C22H21ClF3N3O2. The number of carbonyl (C=O) groups excluding carboxylic acids is 2. The van der Waals surface area contributed by atoms with Crippen LogP contribution in [-0.2, 0) is 6.18 Å². The first-order chi connectivity index (χ1) is 14.7. The summed E-state index contributed by atoms with van der Waals surface area (Å²) in [5.41, 5.74) is -0.0674. The van der Waals surface area contributed by atoms with Gasteiger partial charge in [-0.05, 0) is 67.8 Å². The van der Waals surface area contributed by atoms with Gasteiger partial charge in [-0.2, -0.15) is 13.2 Å². The minimum atomic E-state index is -4.44. The molecule has 0 spiro atoms. The summed E-state index contributed by atoms with van der Waals surface area (Å²) in [6, 6.07) is 11.1. The molecule has 0 aliphatic carbocycles. The Kier molecular flexibility index (Phi) is 5.94. The highest BCUT2D eigenvalue weighted by molar-refractivity contribution is 6.30. The van der Waals surface area contributed by atoms with E-state index in [1.807, 2.05) is 0 Å². The van der Waals surface area contributed by atoms with E-state index in [-0.39, 0.29) is 29.6 Å². The van der Waals surface area contributed by atoms with E-state index in [0.29, 0.717) is 23.8 Å². The number of alkyl halides is 3. The topological polar surface area (TPSA) is 52.7 Å². The van der Waals surface area contributed by atoms with Crippen molar-refractivity contribution in [3.8, 4) is 0 Å². The minimum Gasteiger partial charge on any atom is -0.336 e. The highest BCUT2D eigenvalue weighted by Gasteiger charge is 2.39. The second-order valence-electron chi connectivity index (χ2n) is 7.82. The Morgan fingerprint density at radius 1 is 0.935 bits per heavy atom. The number of nitrogens with one attached hydrogen (secondary N) is 1. The van der Waals surface area contributed by atoms with Gasteiger partial charge in [-0.3, -0.25) is 14.5 Å². The quantitative estimate of drug-likeness (QED) is 0.753. The van der Waals surface area contributed by atoms with Crippen molar-refractivity contribution < 1.29 is 22.8 Å². The van der Waals surface area contributed by atoms with Crippen molar-refractivity contribution in [3.63, 3.8) is 0 Å². The molecule has 0 unspecified atom stereocenters. The van der Waals surface area contributed by atoms with E-state index in [1.54, 1.807) is 29.2 Å². The van der Waals surface area contributed by atoms with Crippen molar-refractivity contribution >= 4 is 23.4 Å². The van der Waals surface area contributed by atoms with Crippen LogP contribution in [0.5, 0.6) is 0 Å². The normalized spacial score (nSPS) is 21.6. The zero-order valence-corrected chi connectivity index (χ0v) is 17.3. The minimum absolute atomic E-state index is 0.212. The van der Waals surface area contributed by atoms with Crippen LogP contribution in [0.3, 0.4) is 0 Å². The lowest BCUT2D eigenvalue weighted by molar-refractivity contribution is -0.137. The number of hydrogen-bond donors (Lipinski definition) is 1. The lowest BCUT2D eigenvalue weighted by Gasteiger charge is -2.40. The summed E-state index contributed by atoms with van der Waals surface area (Å²) in [6.07, 6.45) is -2.22. The summed E-state index contributed by atoms with van der Waals surface area (Å²) >= 11 is 5.87. The predicted molar refractivity (Wildman–Crippen MR) is 110 cm³/mol. The second-order valence-corrected chi connectivity index (χ2v) is 8.25. The largest absolute Gasteiger partial charge is 0.416 e. The summed E-state index contributed by atoms with van der Waals surface area (Å²) in [6.45, 7) is 0.842. The van der Waals surface area contributed by atoms with Gasteiger partial charge in [0.2, 0.25) is 0 Å². The van der Waals surface area contributed by atoms with Gasteiger partial charge in [0, 0.05) is 28.7 Å². The third-order valence-corrected chi connectivity index (χ3v) is 6.11. The zero-order valence-electron chi connectivity index (χ0n) is 16.5. The van der Waals surface area contributed by atoms with Crippen LogP contribution in [-0.4, -0.2) is 47.0 Å². The molecule has 2 aromatic rings. The number of benzene rings is 2. The van der Waals surface area contributed by atoms with Crippen LogP contribution in [0, 0.1) is 0 Å². The van der Waals surface area contributed by atoms with Crippen molar-refractivity contribution in [2.75, 3.05) is 13.2 Å². The summed E-state index contributed by atoms with van der Waals surface area (Å²) in [4.78, 5) is 29.1. The highest BCUT2D eigenvalue weighted by atomic mass is 35.5. The summed E-state index contributed by atoms with van der Waals surface area (Å²) in [5.74, 6) is -0.532. The average molecular weight is 452 g/mol. The van der Waals surface area contributed by atoms with E-state index in [1.165, 1.54) is 12.1 Å². The third-order valence-electron chi connectivity index (χ3n) is 5.86. The van der Waals surface area contributed by atoms with Crippen LogP contribution >= 0.6 is 11.6 Å². The fraction of sp³-hybridized carbons (Fsp3) is 0.364. The molecule has 4 rings (SSSR count). The van der Waals surface area contributed by atoms with Gasteiger partial charge in [0.25, 0.3) is 11.8 Å². The Hall–Kier alpha value is -2.58. The molecule has 164 valence electrons. The molecule has 5 nitrogen and oxygen atoms in total. The monoisotopic (exact) mass is 451 g/mol. The molecule has 2 aliphatic heterocycles. The number of amides is 2. The van der Waals surface area contributed by atoms with E-state index in [2.05, 4.69) is 10.2 Å². The molecule has 2 heterocycles. The Labute approximate surface area is 182 Å². The van der Waals surface area contributed by atoms with Gasteiger partial charge in [-0.25, -0.2) is 0 Å². The second kappa shape index (κ2) is 8.51. The standard InChI is InChI=1S/C22H21ClF3N3O2/c23-17-7-3-14(4-8-17)20(30)27-19-10-9-18-11-12-28(13-29(18)19)21(31)15-1-5-16(6-2-15)22(24,25)26/h1-8,18-19H,9-13H2,(H,27,30)/t18-,19-/m0/s1. The molecule has 0 radical (unpaired) electrons. The molecule has 2 atom stereocenters. The van der Waals surface area contributed by atoms with Gasteiger partial charge in [-0.1, -0.05) is 11.6 Å². The van der Waals surface area contributed by atoms with Crippen LogP contribution in [0.4, 0.5) is 13.2 Å². The summed E-state index contributed by atoms with van der Waals surface area (Å²) in [7, 11) is 0. The Bertz CT molecular complexity index is 963. The molecule has 2 amide bonds. The van der Waals surface area contributed by atoms with E-state index >= 15 is 0 Å². The maximum absolute atomic E-state index is 12.8. The van der Waals surface area contributed by atoms with E-state index in [4.69, 9.17) is 11.6 Å². The van der Waals surface area contributed by atoms with Crippen molar-refractivity contribution in [3.05, 3.63) is 70.2 Å². The molecule has 2 saturated heterocycles. The smallest absolute Gasteiger partial charge is 0.336 e. The molecule has 1 N–H and O–H groups in total. The molecule has 9 heteroatoms. The van der Waals surface area contributed by atoms with Gasteiger partial charge in [0.05, 0.1) is 18.4 Å². The van der Waals surface area contributed by atoms with Crippen LogP contribution in [0.25, 0.3) is 0 Å². The van der Waals surface area contributed by atoms with Crippen molar-refractivity contribution in [1.82, 2.24) is 15.1 Å². The van der Waals surface area contributed by atoms with Gasteiger partial charge < -0.3 is 10.2 Å². The number of halogens is 4. The molecular weight excluding hydrogens is 431 g/mol. The predicted octanol–water partition coefficient (Wildman–Crippen LogP) is 4.38. The number of hydrogen-bond acceptors (Lipinski definition) is 3. The van der Waals surface area contributed by atoms with E-state index in [0.717, 1.165) is 31.4 Å². The van der Waals surface area contributed by atoms with E-state index in [9.17, 15) is 22.8 Å². The Balaban J connectivity index is 1.42. The van der Waals surface area contributed by atoms with Crippen molar-refractivity contribution in [2.24, 2.45) is 0 Å². The average Bonchev–Trinajstić information content (AvgIpc) is 3.15. The molecule has 0 saturated carbocycles. The lowest BCUT2D eigenvalue weighted by atomic mass is 10.1. The highest BCUT2D eigenvalue weighted by Crippen LogP contribution is 2.31. The fourth-order valence-corrected chi connectivity index (χ4v) is 4.30. The third kappa shape index (κ3) is 4.70. The first-order valence-corrected chi connectivity index (χ1v) is 10.4. The summed E-state index contributed by atoms with van der Waals surface area (Å²) in [5, 5.41) is 3.57. The molecule has 31 heavy (non-hydrogen) atoms. The molecule has 2 aromatic carbocycles. The van der Waals surface area contributed by atoms with E-state index < -0.39 is 11.7 Å². The van der Waals surface area contributed by atoms with Crippen LogP contribution < -0.4 is 5.32 Å². The van der Waals surface area contributed by atoms with Crippen LogP contribution in [0.15, 0.2) is 48.5 Å². The number of rotatable bonds is 3. The zero-order chi connectivity index (χ0) is 22.2.